The number of Topliss-reactive ketones (excluding diaryl/α,β-unsaturated/α-hetero) is 1. The fraction of sp³-hybridized carbons (Fsp3) is 0.917. The summed E-state index contributed by atoms with van der Waals surface area (Å²) in [6, 6.07) is 0. The third-order valence-electron chi connectivity index (χ3n) is 2.46. The van der Waals surface area contributed by atoms with Gasteiger partial charge in [0.05, 0.1) is 6.54 Å². The lowest BCUT2D eigenvalue weighted by Crippen LogP contribution is -2.32. The summed E-state index contributed by atoms with van der Waals surface area (Å²) < 4.78 is 0. The second-order valence-corrected chi connectivity index (χ2v) is 4.31. The first-order chi connectivity index (χ1) is 7.10. The van der Waals surface area contributed by atoms with Crippen molar-refractivity contribution in [3.05, 3.63) is 0 Å². The second kappa shape index (κ2) is 8.86. The molecule has 90 valence electrons. The number of ketones is 1. The molecule has 15 heavy (non-hydrogen) atoms. The van der Waals surface area contributed by atoms with Crippen LogP contribution in [-0.4, -0.2) is 55.9 Å². The smallest absolute Gasteiger partial charge is 0.146 e. The Morgan fingerprint density at radius 2 is 1.80 bits per heavy atom. The normalized spacial score (nSPS) is 11.3. The molecule has 0 aliphatic heterocycles. The summed E-state index contributed by atoms with van der Waals surface area (Å²) in [6.07, 6.45) is 2.83. The van der Waals surface area contributed by atoms with E-state index in [1.54, 1.807) is 0 Å². The minimum absolute atomic E-state index is 0.379. The fourth-order valence-electron chi connectivity index (χ4n) is 1.57. The van der Waals surface area contributed by atoms with E-state index in [4.69, 9.17) is 0 Å². The van der Waals surface area contributed by atoms with Gasteiger partial charge in [0, 0.05) is 6.42 Å². The lowest BCUT2D eigenvalue weighted by molar-refractivity contribution is -0.120. The maximum absolute atomic E-state index is 11.5. The largest absolute Gasteiger partial charge is 0.309 e. The lowest BCUT2D eigenvalue weighted by Gasteiger charge is -2.20. The molecule has 0 aromatic rings. The summed E-state index contributed by atoms with van der Waals surface area (Å²) in [7, 11) is 4.16. The van der Waals surface area contributed by atoms with Gasteiger partial charge in [0.25, 0.3) is 0 Å². The van der Waals surface area contributed by atoms with E-state index >= 15 is 0 Å². The standard InChI is InChI=1S/C12H26N2O/c1-5-8-12(15)11-14(6-2)10-7-9-13(3)4/h5-11H2,1-4H3. The predicted octanol–water partition coefficient (Wildman–Crippen LogP) is 1.63. The first-order valence-corrected chi connectivity index (χ1v) is 5.98. The second-order valence-electron chi connectivity index (χ2n) is 4.31. The number of carbonyl (C=O) groups excluding carboxylic acids is 1. The maximum Gasteiger partial charge on any atom is 0.146 e. The summed E-state index contributed by atoms with van der Waals surface area (Å²) in [5, 5.41) is 0. The molecule has 0 N–H and O–H groups in total. The molecule has 3 heteroatoms. The molecule has 0 unspecified atom stereocenters. The van der Waals surface area contributed by atoms with E-state index in [0.717, 1.165) is 38.9 Å². The van der Waals surface area contributed by atoms with Crippen LogP contribution in [0.3, 0.4) is 0 Å². The van der Waals surface area contributed by atoms with Gasteiger partial charge in [-0.25, -0.2) is 0 Å². The van der Waals surface area contributed by atoms with E-state index in [9.17, 15) is 4.79 Å². The first kappa shape index (κ1) is 14.6. The average molecular weight is 214 g/mol. The SMILES string of the molecule is CCCC(=O)CN(CC)CCCN(C)C. The van der Waals surface area contributed by atoms with E-state index in [0.29, 0.717) is 12.3 Å². The molecule has 3 nitrogen and oxygen atoms in total. The predicted molar refractivity (Wildman–Crippen MR) is 65.2 cm³/mol. The molecule has 0 heterocycles. The Balaban J connectivity index is 3.67. The third-order valence-corrected chi connectivity index (χ3v) is 2.46. The zero-order valence-corrected chi connectivity index (χ0v) is 10.8. The van der Waals surface area contributed by atoms with Gasteiger partial charge in [-0.05, 0) is 46.6 Å². The van der Waals surface area contributed by atoms with Crippen LogP contribution in [0, 0.1) is 0 Å². The molecule has 0 amide bonds. The third kappa shape index (κ3) is 8.58. The zero-order chi connectivity index (χ0) is 11.7. The Labute approximate surface area is 94.4 Å². The van der Waals surface area contributed by atoms with E-state index in [1.165, 1.54) is 0 Å². The van der Waals surface area contributed by atoms with Gasteiger partial charge in [0.1, 0.15) is 5.78 Å². The van der Waals surface area contributed by atoms with Crippen molar-refractivity contribution in [3.63, 3.8) is 0 Å². The van der Waals surface area contributed by atoms with Crippen molar-refractivity contribution in [2.45, 2.75) is 33.1 Å². The molecule has 0 saturated carbocycles. The van der Waals surface area contributed by atoms with Crippen LogP contribution < -0.4 is 0 Å². The Bertz CT molecular complexity index is 169. The minimum Gasteiger partial charge on any atom is -0.309 e. The van der Waals surface area contributed by atoms with Crippen molar-refractivity contribution in [2.24, 2.45) is 0 Å². The highest BCUT2D eigenvalue weighted by molar-refractivity contribution is 5.80. The van der Waals surface area contributed by atoms with Crippen molar-refractivity contribution in [1.82, 2.24) is 9.80 Å². The quantitative estimate of drug-likeness (QED) is 0.583. The molecule has 0 fully saturated rings. The number of hydrogen-bond acceptors (Lipinski definition) is 3. The molecule has 0 aliphatic rings. The summed E-state index contributed by atoms with van der Waals surface area (Å²) in [5.41, 5.74) is 0. The summed E-state index contributed by atoms with van der Waals surface area (Å²) in [4.78, 5) is 15.9. The Morgan fingerprint density at radius 3 is 2.27 bits per heavy atom. The average Bonchev–Trinajstić information content (AvgIpc) is 2.16. The van der Waals surface area contributed by atoms with E-state index in [-0.39, 0.29) is 0 Å². The zero-order valence-electron chi connectivity index (χ0n) is 10.8. The van der Waals surface area contributed by atoms with Crippen molar-refractivity contribution in [2.75, 3.05) is 40.3 Å². The fourth-order valence-corrected chi connectivity index (χ4v) is 1.57. The van der Waals surface area contributed by atoms with E-state index in [2.05, 4.69) is 37.7 Å². The molecular weight excluding hydrogens is 188 g/mol. The van der Waals surface area contributed by atoms with Gasteiger partial charge in [-0.2, -0.15) is 0 Å². The summed E-state index contributed by atoms with van der Waals surface area (Å²) >= 11 is 0. The van der Waals surface area contributed by atoms with Crippen LogP contribution in [0.2, 0.25) is 0 Å². The van der Waals surface area contributed by atoms with Crippen LogP contribution in [0.25, 0.3) is 0 Å². The van der Waals surface area contributed by atoms with Crippen molar-refractivity contribution in [1.29, 1.82) is 0 Å². The molecule has 0 saturated heterocycles. The topological polar surface area (TPSA) is 23.6 Å². The summed E-state index contributed by atoms with van der Waals surface area (Å²) in [6.45, 7) is 7.92. The van der Waals surface area contributed by atoms with Gasteiger partial charge in [-0.15, -0.1) is 0 Å². The Morgan fingerprint density at radius 1 is 1.13 bits per heavy atom. The van der Waals surface area contributed by atoms with Crippen LogP contribution >= 0.6 is 0 Å². The van der Waals surface area contributed by atoms with Crippen molar-refractivity contribution >= 4 is 5.78 Å². The van der Waals surface area contributed by atoms with E-state index in [1.807, 2.05) is 0 Å². The van der Waals surface area contributed by atoms with Crippen LogP contribution in [0.1, 0.15) is 33.1 Å². The van der Waals surface area contributed by atoms with Gasteiger partial charge in [-0.1, -0.05) is 13.8 Å². The Hall–Kier alpha value is -0.410. The first-order valence-electron chi connectivity index (χ1n) is 5.98. The molecule has 0 atom stereocenters. The molecule has 0 rings (SSSR count). The molecule has 0 spiro atoms. The summed E-state index contributed by atoms with van der Waals surface area (Å²) in [5.74, 6) is 0.379. The van der Waals surface area contributed by atoms with Crippen LogP contribution in [0.4, 0.5) is 0 Å². The van der Waals surface area contributed by atoms with Gasteiger partial charge in [-0.3, -0.25) is 9.69 Å². The molecule has 0 aliphatic carbocycles. The molecule has 0 aromatic carbocycles. The van der Waals surface area contributed by atoms with Crippen LogP contribution in [0.5, 0.6) is 0 Å². The van der Waals surface area contributed by atoms with E-state index < -0.39 is 0 Å². The van der Waals surface area contributed by atoms with Crippen molar-refractivity contribution in [3.8, 4) is 0 Å². The molecular formula is C12H26N2O. The van der Waals surface area contributed by atoms with Gasteiger partial charge >= 0.3 is 0 Å². The Kier molecular flexibility index (Phi) is 8.62. The van der Waals surface area contributed by atoms with Crippen LogP contribution in [-0.2, 0) is 4.79 Å². The number of hydrogen-bond donors (Lipinski definition) is 0. The number of nitrogens with zero attached hydrogens (tertiary/aromatic N) is 2. The molecule has 0 bridgehead atoms. The van der Waals surface area contributed by atoms with Crippen molar-refractivity contribution < 1.29 is 4.79 Å². The molecule has 0 aromatic heterocycles. The minimum atomic E-state index is 0.379. The van der Waals surface area contributed by atoms with Crippen LogP contribution in [0.15, 0.2) is 0 Å². The highest BCUT2D eigenvalue weighted by atomic mass is 16.1. The maximum atomic E-state index is 11.5. The van der Waals surface area contributed by atoms with Gasteiger partial charge < -0.3 is 4.90 Å². The number of rotatable bonds is 9. The van der Waals surface area contributed by atoms with Gasteiger partial charge in [0.15, 0.2) is 0 Å². The highest BCUT2D eigenvalue weighted by Crippen LogP contribution is 1.96. The highest BCUT2D eigenvalue weighted by Gasteiger charge is 2.07. The lowest BCUT2D eigenvalue weighted by atomic mass is 10.2. The monoisotopic (exact) mass is 214 g/mol. The number of likely N-dealkylation sites (N-methyl/N-ethyl adjacent to an activating group) is 1. The molecule has 0 radical (unpaired) electrons. The number of carbonyl (C=O) groups is 1. The van der Waals surface area contributed by atoms with Gasteiger partial charge in [0.2, 0.25) is 0 Å².